The van der Waals surface area contributed by atoms with Gasteiger partial charge in [0.1, 0.15) is 5.82 Å². The molecule has 2 rings (SSSR count). The van der Waals surface area contributed by atoms with Gasteiger partial charge < -0.3 is 5.32 Å². The van der Waals surface area contributed by atoms with E-state index in [9.17, 15) is 9.18 Å². The molecule has 1 aromatic carbocycles. The Morgan fingerprint density at radius 3 is 2.88 bits per heavy atom. The summed E-state index contributed by atoms with van der Waals surface area (Å²) >= 11 is 1.43. The van der Waals surface area contributed by atoms with Gasteiger partial charge in [0.15, 0.2) is 0 Å². The standard InChI is InChI=1S/C12H11FN2OS/c1-8-11(17-7-14-8)6-12(16)15-10-5-3-2-4-9(10)13/h2-5,7H,6H2,1H3,(H,15,16). The molecule has 88 valence electrons. The van der Waals surface area contributed by atoms with Crippen LogP contribution in [-0.2, 0) is 11.2 Å². The summed E-state index contributed by atoms with van der Waals surface area (Å²) in [5, 5.41) is 2.54. The van der Waals surface area contributed by atoms with Crippen molar-refractivity contribution in [3.63, 3.8) is 0 Å². The molecule has 0 saturated carbocycles. The number of rotatable bonds is 3. The van der Waals surface area contributed by atoms with Crippen LogP contribution in [0.1, 0.15) is 10.6 Å². The maximum Gasteiger partial charge on any atom is 0.229 e. The Labute approximate surface area is 102 Å². The average Bonchev–Trinajstić information content (AvgIpc) is 2.68. The number of aromatic nitrogens is 1. The van der Waals surface area contributed by atoms with Crippen molar-refractivity contribution in [2.75, 3.05) is 5.32 Å². The summed E-state index contributed by atoms with van der Waals surface area (Å²) in [6, 6.07) is 6.11. The molecule has 0 fully saturated rings. The summed E-state index contributed by atoms with van der Waals surface area (Å²) in [7, 11) is 0. The first-order valence-corrected chi connectivity index (χ1v) is 5.98. The molecule has 0 bridgehead atoms. The molecule has 5 heteroatoms. The van der Waals surface area contributed by atoms with Crippen LogP contribution < -0.4 is 5.32 Å². The lowest BCUT2D eigenvalue weighted by molar-refractivity contribution is -0.115. The molecule has 0 aliphatic carbocycles. The number of aryl methyl sites for hydroxylation is 1. The summed E-state index contributed by atoms with van der Waals surface area (Å²) in [5.41, 5.74) is 2.75. The van der Waals surface area contributed by atoms with E-state index in [0.717, 1.165) is 10.6 Å². The maximum atomic E-state index is 13.3. The Balaban J connectivity index is 2.03. The molecule has 0 radical (unpaired) electrons. The minimum absolute atomic E-state index is 0.208. The number of para-hydroxylation sites is 1. The van der Waals surface area contributed by atoms with Gasteiger partial charge in [0, 0.05) is 4.88 Å². The summed E-state index contributed by atoms with van der Waals surface area (Å²) in [4.78, 5) is 16.6. The van der Waals surface area contributed by atoms with Crippen LogP contribution in [0.25, 0.3) is 0 Å². The number of halogens is 1. The molecule has 0 spiro atoms. The third-order valence-electron chi connectivity index (χ3n) is 2.31. The zero-order chi connectivity index (χ0) is 12.3. The van der Waals surface area contributed by atoms with Crippen LogP contribution in [0.15, 0.2) is 29.8 Å². The van der Waals surface area contributed by atoms with E-state index in [0.29, 0.717) is 0 Å². The van der Waals surface area contributed by atoms with Crippen molar-refractivity contribution in [3.8, 4) is 0 Å². The summed E-state index contributed by atoms with van der Waals surface area (Å²) < 4.78 is 13.3. The number of benzene rings is 1. The van der Waals surface area contributed by atoms with E-state index in [1.807, 2.05) is 6.92 Å². The van der Waals surface area contributed by atoms with Crippen LogP contribution in [0.3, 0.4) is 0 Å². The SMILES string of the molecule is Cc1ncsc1CC(=O)Nc1ccccc1F. The van der Waals surface area contributed by atoms with Crippen molar-refractivity contribution in [3.05, 3.63) is 46.2 Å². The average molecular weight is 250 g/mol. The van der Waals surface area contributed by atoms with Crippen molar-refractivity contribution in [2.24, 2.45) is 0 Å². The Morgan fingerprint density at radius 2 is 2.24 bits per heavy atom. The number of nitrogens with zero attached hydrogens (tertiary/aromatic N) is 1. The summed E-state index contributed by atoms with van der Waals surface area (Å²) in [6.07, 6.45) is 0.227. The highest BCUT2D eigenvalue weighted by molar-refractivity contribution is 7.09. The molecule has 0 aliphatic rings. The van der Waals surface area contributed by atoms with E-state index >= 15 is 0 Å². The Morgan fingerprint density at radius 1 is 1.47 bits per heavy atom. The monoisotopic (exact) mass is 250 g/mol. The number of carbonyl (C=O) groups excluding carboxylic acids is 1. The highest BCUT2D eigenvalue weighted by Gasteiger charge is 2.10. The molecule has 17 heavy (non-hydrogen) atoms. The fourth-order valence-corrected chi connectivity index (χ4v) is 2.17. The van der Waals surface area contributed by atoms with Gasteiger partial charge in [-0.2, -0.15) is 0 Å². The van der Waals surface area contributed by atoms with Crippen LogP contribution in [0.5, 0.6) is 0 Å². The van der Waals surface area contributed by atoms with Crippen molar-refractivity contribution in [1.29, 1.82) is 0 Å². The Hall–Kier alpha value is -1.75. The number of anilines is 1. The lowest BCUT2D eigenvalue weighted by Crippen LogP contribution is -2.15. The van der Waals surface area contributed by atoms with Gasteiger partial charge in [0.25, 0.3) is 0 Å². The van der Waals surface area contributed by atoms with Crippen molar-refractivity contribution >= 4 is 22.9 Å². The molecule has 0 aliphatic heterocycles. The van der Waals surface area contributed by atoms with E-state index < -0.39 is 5.82 Å². The molecule has 1 aromatic heterocycles. The van der Waals surface area contributed by atoms with E-state index in [2.05, 4.69) is 10.3 Å². The van der Waals surface area contributed by atoms with Crippen LogP contribution in [0, 0.1) is 12.7 Å². The second kappa shape index (κ2) is 5.05. The Bertz CT molecular complexity index is 539. The fraction of sp³-hybridized carbons (Fsp3) is 0.167. The lowest BCUT2D eigenvalue weighted by atomic mass is 10.2. The molecular formula is C12H11FN2OS. The number of hydrogen-bond donors (Lipinski definition) is 1. The zero-order valence-electron chi connectivity index (χ0n) is 9.24. The maximum absolute atomic E-state index is 13.3. The quantitative estimate of drug-likeness (QED) is 0.910. The first-order chi connectivity index (χ1) is 8.16. The van der Waals surface area contributed by atoms with Crippen LogP contribution >= 0.6 is 11.3 Å². The number of carbonyl (C=O) groups is 1. The van der Waals surface area contributed by atoms with Gasteiger partial charge in [0.05, 0.1) is 23.3 Å². The largest absolute Gasteiger partial charge is 0.323 e. The Kier molecular flexibility index (Phi) is 3.49. The summed E-state index contributed by atoms with van der Waals surface area (Å²) in [6.45, 7) is 1.85. The summed E-state index contributed by atoms with van der Waals surface area (Å²) in [5.74, 6) is -0.663. The smallest absolute Gasteiger partial charge is 0.229 e. The molecule has 1 amide bonds. The van der Waals surface area contributed by atoms with Gasteiger partial charge >= 0.3 is 0 Å². The van der Waals surface area contributed by atoms with Crippen molar-refractivity contribution in [1.82, 2.24) is 4.98 Å². The highest BCUT2D eigenvalue weighted by Crippen LogP contribution is 2.16. The van der Waals surface area contributed by atoms with Crippen molar-refractivity contribution in [2.45, 2.75) is 13.3 Å². The molecule has 3 nitrogen and oxygen atoms in total. The van der Waals surface area contributed by atoms with E-state index in [1.165, 1.54) is 23.5 Å². The predicted molar refractivity (Wildman–Crippen MR) is 65.6 cm³/mol. The third kappa shape index (κ3) is 2.88. The van der Waals surface area contributed by atoms with Crippen LogP contribution in [0.4, 0.5) is 10.1 Å². The van der Waals surface area contributed by atoms with Gasteiger partial charge in [-0.05, 0) is 19.1 Å². The molecule has 0 unspecified atom stereocenters. The molecule has 1 N–H and O–H groups in total. The molecule has 0 saturated heterocycles. The molecule has 2 aromatic rings. The number of amides is 1. The van der Waals surface area contributed by atoms with E-state index in [1.54, 1.807) is 17.6 Å². The molecular weight excluding hydrogens is 239 g/mol. The normalized spacial score (nSPS) is 10.2. The van der Waals surface area contributed by atoms with Gasteiger partial charge in [-0.1, -0.05) is 12.1 Å². The molecule has 1 heterocycles. The van der Waals surface area contributed by atoms with Crippen molar-refractivity contribution < 1.29 is 9.18 Å². The first-order valence-electron chi connectivity index (χ1n) is 5.10. The lowest BCUT2D eigenvalue weighted by Gasteiger charge is -2.05. The number of hydrogen-bond acceptors (Lipinski definition) is 3. The van der Waals surface area contributed by atoms with E-state index in [-0.39, 0.29) is 18.0 Å². The van der Waals surface area contributed by atoms with E-state index in [4.69, 9.17) is 0 Å². The fourth-order valence-electron chi connectivity index (χ4n) is 1.40. The zero-order valence-corrected chi connectivity index (χ0v) is 10.1. The van der Waals surface area contributed by atoms with Gasteiger partial charge in [-0.15, -0.1) is 11.3 Å². The second-order valence-corrected chi connectivity index (χ2v) is 4.51. The highest BCUT2D eigenvalue weighted by atomic mass is 32.1. The first kappa shape index (κ1) is 11.7. The minimum Gasteiger partial charge on any atom is -0.323 e. The number of nitrogens with one attached hydrogen (secondary N) is 1. The third-order valence-corrected chi connectivity index (χ3v) is 3.25. The number of thiazole rings is 1. The van der Waals surface area contributed by atoms with Crippen LogP contribution in [0.2, 0.25) is 0 Å². The second-order valence-electron chi connectivity index (χ2n) is 3.57. The minimum atomic E-state index is -0.429. The van der Waals surface area contributed by atoms with Crippen LogP contribution in [-0.4, -0.2) is 10.9 Å². The topological polar surface area (TPSA) is 42.0 Å². The predicted octanol–water partition coefficient (Wildman–Crippen LogP) is 2.77. The van der Waals surface area contributed by atoms with Gasteiger partial charge in [0.2, 0.25) is 5.91 Å². The molecule has 0 atom stereocenters. The van der Waals surface area contributed by atoms with Gasteiger partial charge in [-0.25, -0.2) is 9.37 Å². The van der Waals surface area contributed by atoms with Gasteiger partial charge in [-0.3, -0.25) is 4.79 Å².